The van der Waals surface area contributed by atoms with Crippen molar-refractivity contribution in [2.45, 2.75) is 0 Å². The molecular weight excluding hydrogens is 64.0 g/mol. The summed E-state index contributed by atoms with van der Waals surface area (Å²) in [4.78, 5) is 7.12. The van der Waals surface area contributed by atoms with Crippen molar-refractivity contribution in [2.24, 2.45) is 9.98 Å². The van der Waals surface area contributed by atoms with Crippen LogP contribution in [0.3, 0.4) is 0 Å². The molecule has 0 aromatic heterocycles. The molecule has 1 aliphatic rings. The van der Waals surface area contributed by atoms with Gasteiger partial charge >= 0.3 is 0 Å². The predicted octanol–water partition coefficient (Wildman–Crippen LogP) is 0.0991. The Bertz CT molecular complexity index is 103. The third-order valence-corrected chi connectivity index (χ3v) is 0.393. The van der Waals surface area contributed by atoms with E-state index in [2.05, 4.69) is 9.98 Å². The SMILES string of the molecule is [2H]C1=NCC=N1. The van der Waals surface area contributed by atoms with E-state index in [0.29, 0.717) is 6.54 Å². The van der Waals surface area contributed by atoms with Gasteiger partial charge in [-0.2, -0.15) is 0 Å². The molecule has 0 unspecified atom stereocenters. The predicted molar refractivity (Wildman–Crippen MR) is 21.9 cm³/mol. The van der Waals surface area contributed by atoms with Crippen LogP contribution in [0.5, 0.6) is 0 Å². The minimum absolute atomic E-state index is 0.148. The van der Waals surface area contributed by atoms with Crippen molar-refractivity contribution in [1.82, 2.24) is 0 Å². The second-order valence-electron chi connectivity index (χ2n) is 0.752. The summed E-state index contributed by atoms with van der Waals surface area (Å²) in [6, 6.07) is 0. The van der Waals surface area contributed by atoms with Crippen molar-refractivity contribution in [3.05, 3.63) is 0 Å². The zero-order chi connectivity index (χ0) is 4.41. The van der Waals surface area contributed by atoms with E-state index in [9.17, 15) is 0 Å². The third kappa shape index (κ3) is 0.318. The molecule has 1 heterocycles. The summed E-state index contributed by atoms with van der Waals surface area (Å²) in [6.07, 6.45) is 1.76. The molecular formula is C3H4N2. The van der Waals surface area contributed by atoms with E-state index >= 15 is 0 Å². The summed E-state index contributed by atoms with van der Waals surface area (Å²) < 4.78 is 6.68. The number of nitrogens with zero attached hydrogens (tertiary/aromatic N) is 2. The van der Waals surface area contributed by atoms with Crippen molar-refractivity contribution < 1.29 is 1.37 Å². The van der Waals surface area contributed by atoms with Gasteiger partial charge in [0.15, 0.2) is 0 Å². The quantitative estimate of drug-likeness (QED) is 0.385. The highest BCUT2D eigenvalue weighted by Crippen LogP contribution is 1.71. The van der Waals surface area contributed by atoms with Crippen LogP contribution >= 0.6 is 0 Å². The molecule has 0 aromatic rings. The Morgan fingerprint density at radius 3 is 3.20 bits per heavy atom. The van der Waals surface area contributed by atoms with Crippen LogP contribution in [-0.4, -0.2) is 19.1 Å². The fourth-order valence-corrected chi connectivity index (χ4v) is 0.204. The van der Waals surface area contributed by atoms with E-state index in [0.717, 1.165) is 0 Å². The average Bonchev–Trinajstić information content (AvgIpc) is 1.86. The van der Waals surface area contributed by atoms with Crippen molar-refractivity contribution in [3.8, 4) is 0 Å². The van der Waals surface area contributed by atoms with Crippen LogP contribution in [0.25, 0.3) is 0 Å². The van der Waals surface area contributed by atoms with Gasteiger partial charge in [-0.25, -0.2) is 4.99 Å². The first kappa shape index (κ1) is 1.70. The van der Waals surface area contributed by atoms with Gasteiger partial charge in [0.05, 0.1) is 6.54 Å². The van der Waals surface area contributed by atoms with Gasteiger partial charge in [-0.05, 0) is 0 Å². The Morgan fingerprint density at radius 1 is 2.00 bits per heavy atom. The van der Waals surface area contributed by atoms with Gasteiger partial charge in [0.25, 0.3) is 0 Å². The standard InChI is InChI=1S/C3H4N2/c1-2-5-3-4-1/h1,3H,2H2/i3D. The Balaban J connectivity index is 2.68. The highest BCUT2D eigenvalue weighted by molar-refractivity contribution is 5.79. The van der Waals surface area contributed by atoms with Crippen LogP contribution < -0.4 is 0 Å². The number of aliphatic imine (C=N–C) groups is 2. The van der Waals surface area contributed by atoms with E-state index in [1.54, 1.807) is 6.21 Å². The van der Waals surface area contributed by atoms with Crippen LogP contribution in [0.1, 0.15) is 1.37 Å². The lowest BCUT2D eigenvalue weighted by atomic mass is 10.8. The molecule has 0 N–H and O–H groups in total. The number of hydrogen-bond donors (Lipinski definition) is 0. The molecule has 2 nitrogen and oxygen atoms in total. The first-order valence-electron chi connectivity index (χ1n) is 1.93. The number of hydrogen-bond acceptors (Lipinski definition) is 2. The summed E-state index contributed by atoms with van der Waals surface area (Å²) >= 11 is 0. The largest absolute Gasteiger partial charge is 0.268 e. The molecule has 1 aliphatic heterocycles. The van der Waals surface area contributed by atoms with Crippen LogP contribution in [0, 0.1) is 0 Å². The summed E-state index contributed by atoms with van der Waals surface area (Å²) in [5.74, 6) is 0. The Labute approximate surface area is 31.7 Å². The Morgan fingerprint density at radius 2 is 3.00 bits per heavy atom. The molecule has 1 rings (SSSR count). The molecule has 0 saturated carbocycles. The molecule has 0 radical (unpaired) electrons. The zero-order valence-corrected chi connectivity index (χ0v) is 2.68. The molecule has 5 heavy (non-hydrogen) atoms. The fourth-order valence-electron chi connectivity index (χ4n) is 0.204. The topological polar surface area (TPSA) is 24.7 Å². The van der Waals surface area contributed by atoms with E-state index < -0.39 is 0 Å². The van der Waals surface area contributed by atoms with Crippen molar-refractivity contribution in [2.75, 3.05) is 6.54 Å². The molecule has 0 spiro atoms. The second kappa shape index (κ2) is 0.971. The maximum Gasteiger partial charge on any atom is 0.109 e. The smallest absolute Gasteiger partial charge is 0.109 e. The lowest BCUT2D eigenvalue weighted by Gasteiger charge is -1.56. The lowest BCUT2D eigenvalue weighted by Crippen LogP contribution is -1.65. The van der Waals surface area contributed by atoms with E-state index in [1.165, 1.54) is 0 Å². The van der Waals surface area contributed by atoms with Crippen LogP contribution in [-0.2, 0) is 0 Å². The van der Waals surface area contributed by atoms with Crippen molar-refractivity contribution >= 4 is 12.5 Å². The minimum Gasteiger partial charge on any atom is -0.268 e. The Hall–Kier alpha value is -0.660. The van der Waals surface area contributed by atoms with Crippen LogP contribution in [0.15, 0.2) is 9.98 Å². The van der Waals surface area contributed by atoms with E-state index in [-0.39, 0.29) is 6.31 Å². The molecule has 0 fully saturated rings. The van der Waals surface area contributed by atoms with E-state index in [4.69, 9.17) is 1.37 Å². The van der Waals surface area contributed by atoms with Gasteiger partial charge in [0.2, 0.25) is 0 Å². The van der Waals surface area contributed by atoms with Gasteiger partial charge in [0, 0.05) is 6.21 Å². The minimum atomic E-state index is 0.148. The van der Waals surface area contributed by atoms with Crippen LogP contribution in [0.2, 0.25) is 0 Å². The fraction of sp³-hybridized carbons (Fsp3) is 0.333. The normalized spacial score (nSPS) is 22.4. The van der Waals surface area contributed by atoms with Crippen LogP contribution in [0.4, 0.5) is 0 Å². The summed E-state index contributed by atoms with van der Waals surface area (Å²) in [5, 5.41) is 0. The van der Waals surface area contributed by atoms with Gasteiger partial charge < -0.3 is 0 Å². The van der Waals surface area contributed by atoms with E-state index in [1.807, 2.05) is 0 Å². The number of amidine groups is 1. The summed E-state index contributed by atoms with van der Waals surface area (Å²) in [7, 11) is 0. The third-order valence-electron chi connectivity index (χ3n) is 0.393. The molecule has 0 saturated heterocycles. The zero-order valence-electron chi connectivity index (χ0n) is 3.68. The molecule has 0 amide bonds. The van der Waals surface area contributed by atoms with Gasteiger partial charge in [-0.1, -0.05) is 0 Å². The Kier molecular flexibility index (Phi) is 0.330. The highest BCUT2D eigenvalue weighted by Gasteiger charge is 1.73. The van der Waals surface area contributed by atoms with Crippen molar-refractivity contribution in [1.29, 1.82) is 0 Å². The highest BCUT2D eigenvalue weighted by atomic mass is 14.9. The molecule has 2 heteroatoms. The maximum absolute atomic E-state index is 6.68. The average molecular weight is 69.1 g/mol. The second-order valence-corrected chi connectivity index (χ2v) is 0.752. The maximum atomic E-state index is 6.68. The monoisotopic (exact) mass is 69.0 g/mol. The lowest BCUT2D eigenvalue weighted by molar-refractivity contribution is 1.38. The first-order chi connectivity index (χ1) is 2.89. The van der Waals surface area contributed by atoms with Gasteiger partial charge in [-0.3, -0.25) is 4.99 Å². The first-order valence-corrected chi connectivity index (χ1v) is 1.43. The molecule has 26 valence electrons. The van der Waals surface area contributed by atoms with Gasteiger partial charge in [-0.15, -0.1) is 0 Å². The molecule has 0 atom stereocenters. The van der Waals surface area contributed by atoms with Gasteiger partial charge in [0.1, 0.15) is 7.69 Å². The summed E-state index contributed by atoms with van der Waals surface area (Å²) in [6.45, 7) is 0.596. The molecule has 0 bridgehead atoms. The van der Waals surface area contributed by atoms with Crippen molar-refractivity contribution in [3.63, 3.8) is 0 Å². The summed E-state index contributed by atoms with van der Waals surface area (Å²) in [5.41, 5.74) is 0. The number of rotatable bonds is 0. The molecule has 0 aliphatic carbocycles. The molecule has 0 aromatic carbocycles.